The number of pyridine rings is 1. The fourth-order valence-corrected chi connectivity index (χ4v) is 2.72. The predicted octanol–water partition coefficient (Wildman–Crippen LogP) is 2.78. The summed E-state index contributed by atoms with van der Waals surface area (Å²) in [6.07, 6.45) is 3.35. The van der Waals surface area contributed by atoms with Gasteiger partial charge in [0.2, 0.25) is 0 Å². The normalized spacial score (nSPS) is 10.8. The van der Waals surface area contributed by atoms with Crippen molar-refractivity contribution in [3.63, 3.8) is 0 Å². The third-order valence-corrected chi connectivity index (χ3v) is 3.77. The lowest BCUT2D eigenvalue weighted by atomic mass is 10.2. The van der Waals surface area contributed by atoms with Crippen LogP contribution in [0.2, 0.25) is 0 Å². The average Bonchev–Trinajstić information content (AvgIpc) is 2.42. The maximum Gasteiger partial charge on any atom is 0.264 e. The smallest absolute Gasteiger partial charge is 0.264 e. The summed E-state index contributed by atoms with van der Waals surface area (Å²) in [5.41, 5.74) is 0.778. The van der Waals surface area contributed by atoms with Crippen LogP contribution in [0, 0.1) is 6.92 Å². The molecule has 3 aromatic rings. The standard InChI is InChI=1S/C14H11N3OS/c1-9-16-8-12(14(18)17-9)19-11-6-2-4-10-5-3-7-15-13(10)11/h2-8H,1H3,(H,16,17,18). The van der Waals surface area contributed by atoms with Gasteiger partial charge in [-0.3, -0.25) is 9.78 Å². The van der Waals surface area contributed by atoms with Crippen molar-refractivity contribution in [1.29, 1.82) is 0 Å². The predicted molar refractivity (Wildman–Crippen MR) is 75.5 cm³/mol. The summed E-state index contributed by atoms with van der Waals surface area (Å²) in [7, 11) is 0. The maximum absolute atomic E-state index is 11.8. The number of nitrogens with one attached hydrogen (secondary N) is 1. The molecule has 0 spiro atoms. The first kappa shape index (κ1) is 11.9. The Labute approximate surface area is 113 Å². The number of hydrogen-bond acceptors (Lipinski definition) is 4. The Balaban J connectivity index is 2.08. The summed E-state index contributed by atoms with van der Waals surface area (Å²) < 4.78 is 0. The summed E-state index contributed by atoms with van der Waals surface area (Å²) in [5, 5.41) is 1.06. The monoisotopic (exact) mass is 269 g/mol. The Morgan fingerprint density at radius 3 is 2.79 bits per heavy atom. The van der Waals surface area contributed by atoms with Gasteiger partial charge in [0.25, 0.3) is 5.56 Å². The van der Waals surface area contributed by atoms with Crippen molar-refractivity contribution in [3.8, 4) is 0 Å². The summed E-state index contributed by atoms with van der Waals surface area (Å²) in [5.74, 6) is 0.616. The number of rotatable bonds is 2. The second kappa shape index (κ2) is 4.85. The third-order valence-electron chi connectivity index (χ3n) is 2.71. The summed E-state index contributed by atoms with van der Waals surface area (Å²) in [6, 6.07) is 9.83. The van der Waals surface area contributed by atoms with Crippen molar-refractivity contribution >= 4 is 22.7 Å². The van der Waals surface area contributed by atoms with Crippen LogP contribution in [-0.2, 0) is 0 Å². The lowest BCUT2D eigenvalue weighted by Gasteiger charge is -2.04. The van der Waals surface area contributed by atoms with E-state index >= 15 is 0 Å². The molecule has 19 heavy (non-hydrogen) atoms. The molecule has 3 rings (SSSR count). The number of H-pyrrole nitrogens is 1. The molecule has 0 aliphatic heterocycles. The van der Waals surface area contributed by atoms with Gasteiger partial charge in [-0.1, -0.05) is 30.0 Å². The van der Waals surface area contributed by atoms with Crippen LogP contribution in [0.4, 0.5) is 0 Å². The Kier molecular flexibility index (Phi) is 3.05. The molecule has 1 aromatic carbocycles. The van der Waals surface area contributed by atoms with E-state index in [-0.39, 0.29) is 5.56 Å². The molecule has 1 N–H and O–H groups in total. The fraction of sp³-hybridized carbons (Fsp3) is 0.0714. The largest absolute Gasteiger partial charge is 0.310 e. The second-order valence-electron chi connectivity index (χ2n) is 4.10. The van der Waals surface area contributed by atoms with Crippen molar-refractivity contribution in [2.24, 2.45) is 0 Å². The highest BCUT2D eigenvalue weighted by Crippen LogP contribution is 2.30. The molecule has 0 saturated carbocycles. The Bertz CT molecular complexity index is 793. The van der Waals surface area contributed by atoms with E-state index in [1.54, 1.807) is 19.3 Å². The minimum Gasteiger partial charge on any atom is -0.310 e. The van der Waals surface area contributed by atoms with Crippen LogP contribution in [0.25, 0.3) is 10.9 Å². The molecular formula is C14H11N3OS. The molecule has 4 nitrogen and oxygen atoms in total. The van der Waals surface area contributed by atoms with Crippen LogP contribution in [0.5, 0.6) is 0 Å². The zero-order valence-corrected chi connectivity index (χ0v) is 11.1. The molecule has 0 radical (unpaired) electrons. The van der Waals surface area contributed by atoms with E-state index in [2.05, 4.69) is 15.0 Å². The van der Waals surface area contributed by atoms with E-state index in [1.807, 2.05) is 30.3 Å². The van der Waals surface area contributed by atoms with E-state index < -0.39 is 0 Å². The number of hydrogen-bond donors (Lipinski definition) is 1. The van der Waals surface area contributed by atoms with Gasteiger partial charge in [0.05, 0.1) is 10.4 Å². The quantitative estimate of drug-likeness (QED) is 0.777. The van der Waals surface area contributed by atoms with Crippen molar-refractivity contribution in [2.45, 2.75) is 16.7 Å². The summed E-state index contributed by atoms with van der Waals surface area (Å²) in [4.78, 5) is 24.6. The molecule has 0 atom stereocenters. The van der Waals surface area contributed by atoms with Crippen LogP contribution in [0.1, 0.15) is 5.82 Å². The molecule has 0 bridgehead atoms. The van der Waals surface area contributed by atoms with Gasteiger partial charge in [0, 0.05) is 22.7 Å². The van der Waals surface area contributed by atoms with E-state index in [9.17, 15) is 4.79 Å². The van der Waals surface area contributed by atoms with Gasteiger partial charge < -0.3 is 4.98 Å². The van der Waals surface area contributed by atoms with Crippen molar-refractivity contribution in [3.05, 3.63) is 58.9 Å². The minimum atomic E-state index is -0.120. The van der Waals surface area contributed by atoms with Gasteiger partial charge in [0.15, 0.2) is 0 Å². The zero-order valence-electron chi connectivity index (χ0n) is 10.3. The first-order valence-corrected chi connectivity index (χ1v) is 6.63. The molecule has 0 unspecified atom stereocenters. The number of para-hydroxylation sites is 1. The third kappa shape index (κ3) is 2.37. The van der Waals surface area contributed by atoms with Gasteiger partial charge in [-0.25, -0.2) is 4.98 Å². The Morgan fingerprint density at radius 1 is 1.11 bits per heavy atom. The molecule has 2 heterocycles. The molecule has 94 valence electrons. The molecule has 2 aromatic heterocycles. The molecule has 0 fully saturated rings. The van der Waals surface area contributed by atoms with Crippen LogP contribution >= 0.6 is 11.8 Å². The number of fused-ring (bicyclic) bond motifs is 1. The zero-order chi connectivity index (χ0) is 13.2. The number of aromatic amines is 1. The second-order valence-corrected chi connectivity index (χ2v) is 5.18. The molecule has 0 saturated heterocycles. The molecule has 0 amide bonds. The van der Waals surface area contributed by atoms with Crippen molar-refractivity contribution < 1.29 is 0 Å². The minimum absolute atomic E-state index is 0.120. The van der Waals surface area contributed by atoms with Crippen LogP contribution in [0.3, 0.4) is 0 Å². The average molecular weight is 269 g/mol. The lowest BCUT2D eigenvalue weighted by molar-refractivity contribution is 0.966. The molecule has 0 aliphatic carbocycles. The highest BCUT2D eigenvalue weighted by molar-refractivity contribution is 7.99. The van der Waals surface area contributed by atoms with Gasteiger partial charge in [-0.15, -0.1) is 0 Å². The number of aromatic nitrogens is 3. The van der Waals surface area contributed by atoms with Gasteiger partial charge in [0.1, 0.15) is 5.82 Å². The molecule has 5 heteroatoms. The van der Waals surface area contributed by atoms with E-state index in [0.29, 0.717) is 10.7 Å². The SMILES string of the molecule is Cc1ncc(Sc2cccc3cccnc23)c(=O)[nH]1. The first-order valence-electron chi connectivity index (χ1n) is 5.81. The molecule has 0 aliphatic rings. The van der Waals surface area contributed by atoms with Crippen LogP contribution in [0.15, 0.2) is 57.3 Å². The topological polar surface area (TPSA) is 58.6 Å². The summed E-state index contributed by atoms with van der Waals surface area (Å²) >= 11 is 1.38. The van der Waals surface area contributed by atoms with E-state index in [4.69, 9.17) is 0 Å². The van der Waals surface area contributed by atoms with E-state index in [1.165, 1.54) is 11.8 Å². The highest BCUT2D eigenvalue weighted by Gasteiger charge is 2.07. The highest BCUT2D eigenvalue weighted by atomic mass is 32.2. The van der Waals surface area contributed by atoms with Gasteiger partial charge in [-0.05, 0) is 19.1 Å². The number of benzene rings is 1. The Hall–Kier alpha value is -2.14. The van der Waals surface area contributed by atoms with Gasteiger partial charge >= 0.3 is 0 Å². The number of aryl methyl sites for hydroxylation is 1. The first-order chi connectivity index (χ1) is 9.24. The van der Waals surface area contributed by atoms with Crippen LogP contribution < -0.4 is 5.56 Å². The van der Waals surface area contributed by atoms with Gasteiger partial charge in [-0.2, -0.15) is 0 Å². The number of nitrogens with zero attached hydrogens (tertiary/aromatic N) is 2. The lowest BCUT2D eigenvalue weighted by Crippen LogP contribution is -2.10. The fourth-order valence-electron chi connectivity index (χ4n) is 1.82. The molecular weight excluding hydrogens is 258 g/mol. The van der Waals surface area contributed by atoms with Crippen molar-refractivity contribution in [1.82, 2.24) is 15.0 Å². The Morgan fingerprint density at radius 2 is 1.95 bits per heavy atom. The van der Waals surface area contributed by atoms with E-state index in [0.717, 1.165) is 15.8 Å². The van der Waals surface area contributed by atoms with Crippen molar-refractivity contribution in [2.75, 3.05) is 0 Å². The maximum atomic E-state index is 11.8. The summed E-state index contributed by atoms with van der Waals surface area (Å²) in [6.45, 7) is 1.76. The van der Waals surface area contributed by atoms with Crippen LogP contribution in [-0.4, -0.2) is 15.0 Å².